The summed E-state index contributed by atoms with van der Waals surface area (Å²) in [6, 6.07) is 10.8. The fourth-order valence-corrected chi connectivity index (χ4v) is 2.36. The topological polar surface area (TPSA) is 108 Å². The van der Waals surface area contributed by atoms with E-state index in [4.69, 9.17) is 29.8 Å². The van der Waals surface area contributed by atoms with E-state index in [0.717, 1.165) is 11.3 Å². The van der Waals surface area contributed by atoms with Gasteiger partial charge in [-0.3, -0.25) is 0 Å². The minimum absolute atomic E-state index is 0. The molecule has 0 bridgehead atoms. The van der Waals surface area contributed by atoms with Crippen molar-refractivity contribution in [1.29, 1.82) is 0 Å². The summed E-state index contributed by atoms with van der Waals surface area (Å²) in [6.07, 6.45) is 0. The van der Waals surface area contributed by atoms with E-state index in [1.54, 1.807) is 39.5 Å². The van der Waals surface area contributed by atoms with Gasteiger partial charge in [-0.25, -0.2) is 4.99 Å². The summed E-state index contributed by atoms with van der Waals surface area (Å²) in [5.41, 5.74) is 7.60. The van der Waals surface area contributed by atoms with Crippen molar-refractivity contribution in [3.63, 3.8) is 0 Å². The predicted octanol–water partition coefficient (Wildman–Crippen LogP) is 2.63. The van der Waals surface area contributed by atoms with Crippen LogP contribution in [0.2, 0.25) is 0 Å². The Bertz CT molecular complexity index is 786. The summed E-state index contributed by atoms with van der Waals surface area (Å²) in [6.45, 7) is 0.506. The lowest BCUT2D eigenvalue weighted by Gasteiger charge is -2.12. The molecule has 0 aliphatic heterocycles. The van der Waals surface area contributed by atoms with Gasteiger partial charge in [-0.05, 0) is 29.8 Å². The summed E-state index contributed by atoms with van der Waals surface area (Å²) in [5.74, 6) is 2.63. The van der Waals surface area contributed by atoms with Crippen LogP contribution in [0.3, 0.4) is 0 Å². The van der Waals surface area contributed by atoms with Crippen LogP contribution in [0.5, 0.6) is 23.0 Å². The van der Waals surface area contributed by atoms with Crippen molar-refractivity contribution in [3.8, 4) is 23.0 Å². The van der Waals surface area contributed by atoms with Crippen LogP contribution in [0.1, 0.15) is 5.56 Å². The van der Waals surface area contributed by atoms with E-state index in [1.165, 1.54) is 0 Å². The minimum atomic E-state index is -0.0620. The number of nitrogens with two attached hydrogens (primary N) is 1. The van der Waals surface area contributed by atoms with Crippen LogP contribution in [0, 0.1) is 0 Å². The molecule has 9 heteroatoms. The van der Waals surface area contributed by atoms with Crippen molar-refractivity contribution in [2.24, 2.45) is 10.7 Å². The summed E-state index contributed by atoms with van der Waals surface area (Å²) >= 11 is 0. The summed E-state index contributed by atoms with van der Waals surface area (Å²) in [7, 11) is 4.71. The van der Waals surface area contributed by atoms with Gasteiger partial charge >= 0.3 is 0 Å². The second-order valence-corrected chi connectivity index (χ2v) is 5.45. The number of aliphatic imine (C=N–C) groups is 1. The number of ether oxygens (including phenoxy) is 4. The first kappa shape index (κ1) is 23.6. The molecule has 0 aliphatic rings. The Hall–Kier alpha value is -2.40. The number of guanidine groups is 1. The molecular formula is C19H26IN3O5. The molecule has 2 rings (SSSR count). The third-order valence-electron chi connectivity index (χ3n) is 3.66. The first-order valence-corrected chi connectivity index (χ1v) is 8.30. The number of aliphatic hydroxyl groups is 1. The number of anilines is 1. The van der Waals surface area contributed by atoms with E-state index in [9.17, 15) is 0 Å². The molecule has 0 aliphatic carbocycles. The van der Waals surface area contributed by atoms with E-state index in [1.807, 2.05) is 18.2 Å². The molecule has 0 radical (unpaired) electrons. The Balaban J connectivity index is 0.00000392. The Morgan fingerprint density at radius 3 is 2.25 bits per heavy atom. The number of hydrogen-bond donors (Lipinski definition) is 3. The lowest BCUT2D eigenvalue weighted by atomic mass is 10.2. The number of methoxy groups -OCH3 is 3. The van der Waals surface area contributed by atoms with Crippen LogP contribution in [0.25, 0.3) is 0 Å². The third kappa shape index (κ3) is 6.64. The third-order valence-corrected chi connectivity index (χ3v) is 3.66. The summed E-state index contributed by atoms with van der Waals surface area (Å²) in [4.78, 5) is 4.33. The lowest BCUT2D eigenvalue weighted by molar-refractivity contribution is 0.196. The van der Waals surface area contributed by atoms with E-state index in [-0.39, 0.29) is 43.1 Å². The highest BCUT2D eigenvalue weighted by atomic mass is 127. The molecule has 0 heterocycles. The molecule has 0 saturated heterocycles. The zero-order valence-corrected chi connectivity index (χ0v) is 18.4. The first-order chi connectivity index (χ1) is 13.1. The smallest absolute Gasteiger partial charge is 0.193 e. The van der Waals surface area contributed by atoms with Crippen molar-refractivity contribution in [2.45, 2.75) is 6.54 Å². The van der Waals surface area contributed by atoms with Gasteiger partial charge in [0.15, 0.2) is 29.0 Å². The average Bonchev–Trinajstić information content (AvgIpc) is 2.70. The van der Waals surface area contributed by atoms with Crippen LogP contribution >= 0.6 is 24.0 Å². The zero-order valence-electron chi connectivity index (χ0n) is 16.1. The minimum Gasteiger partial charge on any atom is -0.493 e. The maximum absolute atomic E-state index is 8.86. The maximum atomic E-state index is 8.86. The number of aliphatic hydroxyl groups excluding tert-OH is 1. The number of rotatable bonds is 9. The van der Waals surface area contributed by atoms with Crippen LogP contribution in [0.4, 0.5) is 5.69 Å². The molecule has 0 unspecified atom stereocenters. The predicted molar refractivity (Wildman–Crippen MR) is 119 cm³/mol. The van der Waals surface area contributed by atoms with Crippen molar-refractivity contribution >= 4 is 35.6 Å². The molecule has 8 nitrogen and oxygen atoms in total. The summed E-state index contributed by atoms with van der Waals surface area (Å²) in [5, 5.41) is 11.9. The van der Waals surface area contributed by atoms with Gasteiger partial charge in [0.1, 0.15) is 6.61 Å². The number of nitrogens with zero attached hydrogens (tertiary/aromatic N) is 1. The van der Waals surface area contributed by atoms with Gasteiger partial charge in [-0.1, -0.05) is 6.07 Å². The molecule has 28 heavy (non-hydrogen) atoms. The molecule has 0 amide bonds. The van der Waals surface area contributed by atoms with Crippen LogP contribution in [-0.4, -0.2) is 45.6 Å². The molecule has 2 aromatic carbocycles. The van der Waals surface area contributed by atoms with E-state index in [0.29, 0.717) is 29.5 Å². The monoisotopic (exact) mass is 503 g/mol. The van der Waals surface area contributed by atoms with Gasteiger partial charge in [0, 0.05) is 11.8 Å². The number of benzene rings is 2. The number of hydrogen-bond acceptors (Lipinski definition) is 6. The van der Waals surface area contributed by atoms with Gasteiger partial charge in [-0.15, -0.1) is 24.0 Å². The van der Waals surface area contributed by atoms with Gasteiger partial charge in [0.25, 0.3) is 0 Å². The quantitative estimate of drug-likeness (QED) is 0.274. The van der Waals surface area contributed by atoms with Crippen LogP contribution in [0.15, 0.2) is 41.4 Å². The molecule has 154 valence electrons. The molecular weight excluding hydrogens is 477 g/mol. The first-order valence-electron chi connectivity index (χ1n) is 8.30. The van der Waals surface area contributed by atoms with Gasteiger partial charge in [0.2, 0.25) is 0 Å². The van der Waals surface area contributed by atoms with Crippen molar-refractivity contribution in [1.82, 2.24) is 0 Å². The van der Waals surface area contributed by atoms with Crippen molar-refractivity contribution in [2.75, 3.05) is 39.9 Å². The highest BCUT2D eigenvalue weighted by Crippen LogP contribution is 2.30. The fourth-order valence-electron chi connectivity index (χ4n) is 2.36. The molecule has 4 N–H and O–H groups in total. The highest BCUT2D eigenvalue weighted by molar-refractivity contribution is 14.0. The fraction of sp³-hybridized carbons (Fsp3) is 0.316. The maximum Gasteiger partial charge on any atom is 0.193 e. The molecule has 0 saturated carbocycles. The molecule has 0 spiro atoms. The second-order valence-electron chi connectivity index (χ2n) is 5.45. The van der Waals surface area contributed by atoms with Gasteiger partial charge in [0.05, 0.1) is 34.5 Å². The Morgan fingerprint density at radius 1 is 0.964 bits per heavy atom. The van der Waals surface area contributed by atoms with Crippen molar-refractivity contribution < 1.29 is 24.1 Å². The van der Waals surface area contributed by atoms with E-state index in [2.05, 4.69) is 10.3 Å². The number of nitrogens with one attached hydrogen (secondary N) is 1. The van der Waals surface area contributed by atoms with E-state index >= 15 is 0 Å². The summed E-state index contributed by atoms with van der Waals surface area (Å²) < 4.78 is 21.2. The van der Waals surface area contributed by atoms with Crippen LogP contribution < -0.4 is 30.0 Å². The van der Waals surface area contributed by atoms with E-state index < -0.39 is 0 Å². The highest BCUT2D eigenvalue weighted by Gasteiger charge is 2.07. The van der Waals surface area contributed by atoms with Gasteiger partial charge < -0.3 is 35.1 Å². The molecule has 0 atom stereocenters. The normalized spacial score (nSPS) is 10.6. The standard InChI is InChI=1S/C19H25N3O5.HI/c1-24-15-7-5-14(11-18(15)26-3)22-19(20)21-12-13-4-6-16(27-9-8-23)17(10-13)25-2;/h4-7,10-11,23H,8-9,12H2,1-3H3,(H3,20,21,22);1H. The van der Waals surface area contributed by atoms with Crippen molar-refractivity contribution in [3.05, 3.63) is 42.0 Å². The lowest BCUT2D eigenvalue weighted by Crippen LogP contribution is -2.22. The Kier molecular flexibility index (Phi) is 10.2. The number of halogens is 1. The van der Waals surface area contributed by atoms with Gasteiger partial charge in [-0.2, -0.15) is 0 Å². The SMILES string of the molecule is COc1ccc(NC(N)=NCc2ccc(OCCO)c(OC)c2)cc1OC.I. The molecule has 0 fully saturated rings. The zero-order chi connectivity index (χ0) is 19.6. The largest absolute Gasteiger partial charge is 0.493 e. The second kappa shape index (κ2) is 12.1. The average molecular weight is 503 g/mol. The Labute approximate surface area is 181 Å². The molecule has 0 aromatic heterocycles. The van der Waals surface area contributed by atoms with Crippen LogP contribution in [-0.2, 0) is 6.54 Å². The Morgan fingerprint density at radius 2 is 1.61 bits per heavy atom. The molecule has 2 aromatic rings.